The Hall–Kier alpha value is -1.42. The van der Waals surface area contributed by atoms with Gasteiger partial charge in [0.05, 0.1) is 5.60 Å². The van der Waals surface area contributed by atoms with Gasteiger partial charge in [0.15, 0.2) is 0 Å². The van der Waals surface area contributed by atoms with Gasteiger partial charge in [0, 0.05) is 12.1 Å². The van der Waals surface area contributed by atoms with Gasteiger partial charge in [-0.3, -0.25) is 4.79 Å². The minimum Gasteiger partial charge on any atom is -0.388 e. The predicted molar refractivity (Wildman–Crippen MR) is 62.2 cm³/mol. The summed E-state index contributed by atoms with van der Waals surface area (Å²) in [6.45, 7) is 0.238. The molecule has 4 heteroatoms. The Morgan fingerprint density at radius 3 is 2.76 bits per heavy atom. The van der Waals surface area contributed by atoms with E-state index in [1.807, 2.05) is 0 Å². The molecule has 3 nitrogen and oxygen atoms in total. The zero-order valence-corrected chi connectivity index (χ0v) is 9.58. The van der Waals surface area contributed by atoms with Crippen LogP contribution in [0.4, 0.5) is 4.39 Å². The van der Waals surface area contributed by atoms with E-state index in [-0.39, 0.29) is 18.0 Å². The number of rotatable bonds is 3. The molecule has 0 unspecified atom stereocenters. The van der Waals surface area contributed by atoms with E-state index in [4.69, 9.17) is 0 Å². The standard InChI is InChI=1S/C13H16FNO2/c14-11-5-3-4-10(8-11)12(16)15-9-13(17)6-1-2-7-13/h3-5,8,17H,1-2,6-7,9H2,(H,15,16). The Balaban J connectivity index is 1.93. The minimum absolute atomic E-state index is 0.238. The molecule has 1 aliphatic rings. The minimum atomic E-state index is -0.775. The Labute approximate surface area is 99.7 Å². The molecular formula is C13H16FNO2. The maximum atomic E-state index is 12.9. The number of carbonyl (C=O) groups is 1. The van der Waals surface area contributed by atoms with Crippen LogP contribution in [0.3, 0.4) is 0 Å². The SMILES string of the molecule is O=C(NCC1(O)CCCC1)c1cccc(F)c1. The lowest BCUT2D eigenvalue weighted by Crippen LogP contribution is -2.40. The number of benzene rings is 1. The lowest BCUT2D eigenvalue weighted by Gasteiger charge is -2.22. The highest BCUT2D eigenvalue weighted by Gasteiger charge is 2.31. The predicted octanol–water partition coefficient (Wildman–Crippen LogP) is 1.86. The number of carbonyl (C=O) groups excluding carboxylic acids is 1. The Morgan fingerprint density at radius 2 is 2.12 bits per heavy atom. The maximum Gasteiger partial charge on any atom is 0.251 e. The molecule has 0 bridgehead atoms. The highest BCUT2D eigenvalue weighted by Crippen LogP contribution is 2.28. The van der Waals surface area contributed by atoms with E-state index in [9.17, 15) is 14.3 Å². The molecule has 2 N–H and O–H groups in total. The van der Waals surface area contributed by atoms with Crippen LogP contribution in [0.15, 0.2) is 24.3 Å². The van der Waals surface area contributed by atoms with Gasteiger partial charge in [-0.25, -0.2) is 4.39 Å². The first kappa shape index (κ1) is 12.0. The van der Waals surface area contributed by atoms with Gasteiger partial charge in [-0.1, -0.05) is 18.9 Å². The number of halogens is 1. The second-order valence-electron chi connectivity index (χ2n) is 4.62. The summed E-state index contributed by atoms with van der Waals surface area (Å²) in [5.41, 5.74) is -0.491. The van der Waals surface area contributed by atoms with Crippen LogP contribution in [0.25, 0.3) is 0 Å². The van der Waals surface area contributed by atoms with Crippen molar-refractivity contribution in [2.24, 2.45) is 0 Å². The third-order valence-electron chi connectivity index (χ3n) is 3.20. The van der Waals surface area contributed by atoms with Gasteiger partial charge < -0.3 is 10.4 Å². The number of amides is 1. The van der Waals surface area contributed by atoms with Crippen LogP contribution in [0.2, 0.25) is 0 Å². The fourth-order valence-corrected chi connectivity index (χ4v) is 2.19. The van der Waals surface area contributed by atoms with Crippen LogP contribution in [-0.2, 0) is 0 Å². The summed E-state index contributed by atoms with van der Waals surface area (Å²) in [5, 5.41) is 12.7. The Morgan fingerprint density at radius 1 is 1.41 bits per heavy atom. The Kier molecular flexibility index (Phi) is 3.43. The molecule has 0 heterocycles. The average Bonchev–Trinajstić information content (AvgIpc) is 2.74. The van der Waals surface area contributed by atoms with Crippen molar-refractivity contribution in [3.8, 4) is 0 Å². The van der Waals surface area contributed by atoms with E-state index in [1.54, 1.807) is 6.07 Å². The molecule has 1 aromatic carbocycles. The van der Waals surface area contributed by atoms with Gasteiger partial charge in [-0.15, -0.1) is 0 Å². The molecule has 0 atom stereocenters. The molecule has 0 spiro atoms. The van der Waals surface area contributed by atoms with Gasteiger partial charge in [0.25, 0.3) is 5.91 Å². The normalized spacial score (nSPS) is 18.0. The Bertz CT molecular complexity index is 414. The summed E-state index contributed by atoms with van der Waals surface area (Å²) in [5.74, 6) is -0.776. The van der Waals surface area contributed by atoms with E-state index >= 15 is 0 Å². The molecular weight excluding hydrogens is 221 g/mol. The molecule has 0 aliphatic heterocycles. The van der Waals surface area contributed by atoms with E-state index in [1.165, 1.54) is 18.2 Å². The second-order valence-corrected chi connectivity index (χ2v) is 4.62. The summed E-state index contributed by atoms with van der Waals surface area (Å²) in [7, 11) is 0. The van der Waals surface area contributed by atoms with Crippen LogP contribution in [0.1, 0.15) is 36.0 Å². The van der Waals surface area contributed by atoms with Crippen LogP contribution in [0.5, 0.6) is 0 Å². The first-order valence-electron chi connectivity index (χ1n) is 5.85. The molecule has 1 amide bonds. The molecule has 0 aromatic heterocycles. The highest BCUT2D eigenvalue weighted by atomic mass is 19.1. The third-order valence-corrected chi connectivity index (χ3v) is 3.20. The number of nitrogens with one attached hydrogen (secondary N) is 1. The lowest BCUT2D eigenvalue weighted by atomic mass is 10.0. The molecule has 1 aromatic rings. The summed E-state index contributed by atoms with van der Waals surface area (Å²) >= 11 is 0. The fraction of sp³-hybridized carbons (Fsp3) is 0.462. The molecule has 1 saturated carbocycles. The van der Waals surface area contributed by atoms with Crippen LogP contribution in [0, 0.1) is 5.82 Å². The molecule has 92 valence electrons. The van der Waals surface area contributed by atoms with Crippen molar-refractivity contribution < 1.29 is 14.3 Å². The molecule has 0 radical (unpaired) electrons. The summed E-state index contributed by atoms with van der Waals surface area (Å²) in [4.78, 5) is 11.7. The largest absolute Gasteiger partial charge is 0.388 e. The van der Waals surface area contributed by atoms with Crippen molar-refractivity contribution in [3.05, 3.63) is 35.6 Å². The van der Waals surface area contributed by atoms with Crippen LogP contribution >= 0.6 is 0 Å². The monoisotopic (exact) mass is 237 g/mol. The van der Waals surface area contributed by atoms with Crippen molar-refractivity contribution in [1.82, 2.24) is 5.32 Å². The smallest absolute Gasteiger partial charge is 0.251 e. The van der Waals surface area contributed by atoms with Gasteiger partial charge in [-0.2, -0.15) is 0 Å². The second kappa shape index (κ2) is 4.84. The van der Waals surface area contributed by atoms with E-state index in [0.29, 0.717) is 0 Å². The fourth-order valence-electron chi connectivity index (χ4n) is 2.19. The van der Waals surface area contributed by atoms with Crippen molar-refractivity contribution in [2.45, 2.75) is 31.3 Å². The van der Waals surface area contributed by atoms with Crippen molar-refractivity contribution in [1.29, 1.82) is 0 Å². The van der Waals surface area contributed by atoms with Crippen molar-refractivity contribution >= 4 is 5.91 Å². The third kappa shape index (κ3) is 3.03. The van der Waals surface area contributed by atoms with Gasteiger partial charge >= 0.3 is 0 Å². The quantitative estimate of drug-likeness (QED) is 0.843. The zero-order valence-electron chi connectivity index (χ0n) is 9.58. The number of hydrogen-bond donors (Lipinski definition) is 2. The first-order valence-corrected chi connectivity index (χ1v) is 5.85. The lowest BCUT2D eigenvalue weighted by molar-refractivity contribution is 0.0449. The molecule has 1 fully saturated rings. The molecule has 17 heavy (non-hydrogen) atoms. The van der Waals surface area contributed by atoms with Gasteiger partial charge in [0.2, 0.25) is 0 Å². The van der Waals surface area contributed by atoms with E-state index in [2.05, 4.69) is 5.32 Å². The summed E-state index contributed by atoms with van der Waals surface area (Å²) in [6.07, 6.45) is 3.42. The van der Waals surface area contributed by atoms with Crippen molar-refractivity contribution in [2.75, 3.05) is 6.54 Å². The highest BCUT2D eigenvalue weighted by molar-refractivity contribution is 5.94. The number of aliphatic hydroxyl groups is 1. The van der Waals surface area contributed by atoms with Crippen molar-refractivity contribution in [3.63, 3.8) is 0 Å². The molecule has 1 aliphatic carbocycles. The maximum absolute atomic E-state index is 12.9. The van der Waals surface area contributed by atoms with Crippen LogP contribution < -0.4 is 5.32 Å². The van der Waals surface area contributed by atoms with E-state index in [0.717, 1.165) is 25.7 Å². The molecule has 2 rings (SSSR count). The zero-order chi connectivity index (χ0) is 12.3. The van der Waals surface area contributed by atoms with Crippen LogP contribution in [-0.4, -0.2) is 23.2 Å². The first-order chi connectivity index (χ1) is 8.09. The topological polar surface area (TPSA) is 49.3 Å². The summed E-state index contributed by atoms with van der Waals surface area (Å²) < 4.78 is 12.9. The van der Waals surface area contributed by atoms with Gasteiger partial charge in [-0.05, 0) is 31.0 Å². The number of hydrogen-bond acceptors (Lipinski definition) is 2. The summed E-state index contributed by atoms with van der Waals surface area (Å²) in [6, 6.07) is 5.53. The van der Waals surface area contributed by atoms with E-state index < -0.39 is 11.4 Å². The average molecular weight is 237 g/mol. The van der Waals surface area contributed by atoms with Gasteiger partial charge in [0.1, 0.15) is 5.82 Å². The molecule has 0 saturated heterocycles.